The van der Waals surface area contributed by atoms with Gasteiger partial charge in [-0.3, -0.25) is 0 Å². The minimum atomic E-state index is -4.76. The van der Waals surface area contributed by atoms with Gasteiger partial charge in [0.25, 0.3) is 0 Å². The molecule has 0 fully saturated rings. The van der Waals surface area contributed by atoms with Crippen LogP contribution in [-0.2, 0) is 0 Å². The number of benzene rings is 1. The Morgan fingerprint density at radius 1 is 1.11 bits per heavy atom. The molecule has 0 bridgehead atoms. The fourth-order valence-corrected chi connectivity index (χ4v) is 0.976. The van der Waals surface area contributed by atoms with Crippen molar-refractivity contribution in [3.63, 3.8) is 0 Å². The first kappa shape index (κ1) is 16.0. The van der Waals surface area contributed by atoms with Crippen LogP contribution >= 0.6 is 12.4 Å². The van der Waals surface area contributed by atoms with Crippen LogP contribution in [0.5, 0.6) is 0 Å². The third-order valence-corrected chi connectivity index (χ3v) is 1.52. The van der Waals surface area contributed by atoms with Crippen molar-refractivity contribution in [2.75, 3.05) is 5.32 Å². The number of rotatable bonds is 1. The van der Waals surface area contributed by atoms with Gasteiger partial charge in [-0.1, -0.05) is 18.2 Å². The Morgan fingerprint density at radius 3 is 2.17 bits per heavy atom. The van der Waals surface area contributed by atoms with E-state index < -0.39 is 12.3 Å². The van der Waals surface area contributed by atoms with E-state index in [-0.39, 0.29) is 18.4 Å². The lowest BCUT2D eigenvalue weighted by atomic mass is 10.3. The maximum Gasteiger partial charge on any atom is 0.506 e. The number of nitrogens with one attached hydrogen (secondary N) is 1. The molecule has 0 unspecified atom stereocenters. The monoisotopic (exact) mass is 281 g/mol. The highest BCUT2D eigenvalue weighted by atomic mass is 35.5. The molecule has 100 valence electrons. The average Bonchev–Trinajstić information content (AvgIpc) is 2.15. The van der Waals surface area contributed by atoms with Gasteiger partial charge >= 0.3 is 6.30 Å². The van der Waals surface area contributed by atoms with E-state index in [4.69, 9.17) is 11.5 Å². The SMILES string of the molecule is Cl.NC(=N\C(F)(F)F)/N=C(\N)Nc1ccccc1. The third-order valence-electron chi connectivity index (χ3n) is 1.52. The van der Waals surface area contributed by atoms with Crippen molar-refractivity contribution in [1.29, 1.82) is 0 Å². The molecule has 0 aliphatic carbocycles. The van der Waals surface area contributed by atoms with E-state index in [1.165, 1.54) is 0 Å². The lowest BCUT2D eigenvalue weighted by Crippen LogP contribution is -2.27. The van der Waals surface area contributed by atoms with E-state index in [1.54, 1.807) is 30.3 Å². The predicted octanol–water partition coefficient (Wildman–Crippen LogP) is 1.67. The molecule has 0 spiro atoms. The number of nitrogens with zero attached hydrogens (tertiary/aromatic N) is 2. The Bertz CT molecular complexity index is 430. The summed E-state index contributed by atoms with van der Waals surface area (Å²) >= 11 is 0. The molecule has 0 saturated heterocycles. The molecule has 0 amide bonds. The van der Waals surface area contributed by atoms with Crippen LogP contribution in [0.4, 0.5) is 18.9 Å². The van der Waals surface area contributed by atoms with E-state index in [2.05, 4.69) is 15.3 Å². The van der Waals surface area contributed by atoms with Crippen LogP contribution in [0.15, 0.2) is 40.3 Å². The Kier molecular flexibility index (Phi) is 5.97. The molecule has 1 aromatic rings. The molecule has 18 heavy (non-hydrogen) atoms. The zero-order valence-corrected chi connectivity index (χ0v) is 9.79. The molecular weight excluding hydrogens is 271 g/mol. The van der Waals surface area contributed by atoms with Crippen molar-refractivity contribution in [2.24, 2.45) is 21.5 Å². The van der Waals surface area contributed by atoms with E-state index in [1.807, 2.05) is 0 Å². The van der Waals surface area contributed by atoms with Crippen molar-refractivity contribution >= 4 is 30.0 Å². The Morgan fingerprint density at radius 2 is 1.67 bits per heavy atom. The number of hydrogen-bond acceptors (Lipinski definition) is 1. The van der Waals surface area contributed by atoms with Crippen molar-refractivity contribution < 1.29 is 13.2 Å². The molecule has 0 radical (unpaired) electrons. The molecule has 0 heterocycles. The van der Waals surface area contributed by atoms with Crippen molar-refractivity contribution in [3.05, 3.63) is 30.3 Å². The maximum atomic E-state index is 11.8. The van der Waals surface area contributed by atoms with Gasteiger partial charge in [-0.25, -0.2) is 0 Å². The van der Waals surface area contributed by atoms with Gasteiger partial charge in [-0.15, -0.1) is 30.6 Å². The summed E-state index contributed by atoms with van der Waals surface area (Å²) in [5.74, 6) is -1.24. The number of anilines is 1. The van der Waals surface area contributed by atoms with Gasteiger partial charge in [0.2, 0.25) is 11.9 Å². The summed E-state index contributed by atoms with van der Waals surface area (Å²) in [6.07, 6.45) is -4.76. The smallest absolute Gasteiger partial charge is 0.369 e. The molecule has 0 aliphatic heterocycles. The average molecular weight is 282 g/mol. The Labute approximate surface area is 107 Å². The largest absolute Gasteiger partial charge is 0.506 e. The van der Waals surface area contributed by atoms with Crippen LogP contribution in [0.25, 0.3) is 0 Å². The first-order valence-corrected chi connectivity index (χ1v) is 4.45. The Hall–Kier alpha value is -1.96. The third kappa shape index (κ3) is 6.59. The standard InChI is InChI=1S/C9H10F3N5.ClH/c10-9(11,12)17-8(14)16-7(13)15-6-4-2-1-3-5-6;/h1-5H,(H5,13,14,15,16,17);1H. The zero-order chi connectivity index (χ0) is 12.9. The van der Waals surface area contributed by atoms with E-state index in [0.29, 0.717) is 5.69 Å². The number of para-hydroxylation sites is 1. The molecule has 0 aliphatic rings. The van der Waals surface area contributed by atoms with Crippen LogP contribution < -0.4 is 16.8 Å². The van der Waals surface area contributed by atoms with E-state index in [9.17, 15) is 13.2 Å². The molecule has 5 N–H and O–H groups in total. The second-order valence-electron chi connectivity index (χ2n) is 2.93. The minimum Gasteiger partial charge on any atom is -0.369 e. The molecule has 9 heteroatoms. The highest BCUT2D eigenvalue weighted by molar-refractivity contribution is 6.00. The van der Waals surface area contributed by atoms with Gasteiger partial charge in [0.1, 0.15) is 0 Å². The van der Waals surface area contributed by atoms with Crippen LogP contribution in [-0.4, -0.2) is 18.2 Å². The summed E-state index contributed by atoms with van der Waals surface area (Å²) in [7, 11) is 0. The summed E-state index contributed by atoms with van der Waals surface area (Å²) in [4.78, 5) is 5.43. The lowest BCUT2D eigenvalue weighted by molar-refractivity contribution is -0.119. The fourth-order valence-electron chi connectivity index (χ4n) is 0.976. The normalized spacial score (nSPS) is 12.8. The molecule has 1 aromatic carbocycles. The fraction of sp³-hybridized carbons (Fsp3) is 0.111. The zero-order valence-electron chi connectivity index (χ0n) is 8.98. The number of guanidine groups is 2. The molecule has 0 aromatic heterocycles. The van der Waals surface area contributed by atoms with Crippen molar-refractivity contribution in [3.8, 4) is 0 Å². The van der Waals surface area contributed by atoms with Crippen LogP contribution in [0.2, 0.25) is 0 Å². The van der Waals surface area contributed by atoms with Gasteiger partial charge in [-0.05, 0) is 12.1 Å². The number of alkyl halides is 3. The molecule has 0 saturated carbocycles. The minimum absolute atomic E-state index is 0. The summed E-state index contributed by atoms with van der Waals surface area (Å²) < 4.78 is 35.4. The van der Waals surface area contributed by atoms with Crippen LogP contribution in [0, 0.1) is 0 Å². The number of aliphatic imine (C=N–C) groups is 2. The Balaban J connectivity index is 0.00000289. The summed E-state index contributed by atoms with van der Waals surface area (Å²) in [6, 6.07) is 8.56. The van der Waals surface area contributed by atoms with Crippen molar-refractivity contribution in [1.82, 2.24) is 0 Å². The van der Waals surface area contributed by atoms with E-state index in [0.717, 1.165) is 0 Å². The summed E-state index contributed by atoms with van der Waals surface area (Å²) in [6.45, 7) is 0. The molecule has 1 rings (SSSR count). The highest BCUT2D eigenvalue weighted by Crippen LogP contribution is 2.15. The molecule has 5 nitrogen and oxygen atoms in total. The van der Waals surface area contributed by atoms with Gasteiger partial charge in [0.15, 0.2) is 0 Å². The number of nitrogens with two attached hydrogens (primary N) is 2. The maximum absolute atomic E-state index is 11.8. The highest BCUT2D eigenvalue weighted by Gasteiger charge is 2.26. The lowest BCUT2D eigenvalue weighted by Gasteiger charge is -2.04. The quantitative estimate of drug-likeness (QED) is 0.415. The second kappa shape index (κ2) is 6.70. The van der Waals surface area contributed by atoms with Crippen LogP contribution in [0.1, 0.15) is 0 Å². The summed E-state index contributed by atoms with van der Waals surface area (Å²) in [5.41, 5.74) is 10.9. The van der Waals surface area contributed by atoms with E-state index >= 15 is 0 Å². The summed E-state index contributed by atoms with van der Waals surface area (Å²) in [5, 5.41) is 2.56. The van der Waals surface area contributed by atoms with Gasteiger partial charge in [0, 0.05) is 5.69 Å². The predicted molar refractivity (Wildman–Crippen MR) is 66.6 cm³/mol. The van der Waals surface area contributed by atoms with Crippen LogP contribution in [0.3, 0.4) is 0 Å². The van der Waals surface area contributed by atoms with Crippen molar-refractivity contribution in [2.45, 2.75) is 6.30 Å². The van der Waals surface area contributed by atoms with Gasteiger partial charge < -0.3 is 16.8 Å². The second-order valence-corrected chi connectivity index (χ2v) is 2.93. The molecular formula is C9H11ClF3N5. The van der Waals surface area contributed by atoms with Gasteiger partial charge in [0.05, 0.1) is 0 Å². The van der Waals surface area contributed by atoms with Gasteiger partial charge in [-0.2, -0.15) is 4.99 Å². The number of hydrogen-bond donors (Lipinski definition) is 3. The topological polar surface area (TPSA) is 88.8 Å². The molecule has 0 atom stereocenters. The number of halogens is 4. The first-order valence-electron chi connectivity index (χ1n) is 4.45. The first-order chi connectivity index (χ1) is 7.87.